The summed E-state index contributed by atoms with van der Waals surface area (Å²) in [6.07, 6.45) is 1.74. The molecule has 0 N–H and O–H groups in total. The number of allylic oxidation sites excluding steroid dienone is 1. The number of ether oxygens (including phenoxy) is 5. The minimum Gasteiger partial charge on any atom is -0.497 e. The molecule has 4 aromatic rings. The lowest BCUT2D eigenvalue weighted by atomic mass is 9.94. The maximum atomic E-state index is 14.2. The van der Waals surface area contributed by atoms with Crippen LogP contribution in [-0.4, -0.2) is 38.5 Å². The van der Waals surface area contributed by atoms with Gasteiger partial charge in [0, 0.05) is 21.2 Å². The highest BCUT2D eigenvalue weighted by Crippen LogP contribution is 2.39. The molecule has 1 aromatic heterocycles. The molecule has 13 heteroatoms. The summed E-state index contributed by atoms with van der Waals surface area (Å²) in [5.41, 5.74) is 2.30. The van der Waals surface area contributed by atoms with Crippen molar-refractivity contribution < 1.29 is 28.5 Å². The first kappa shape index (κ1) is 33.6. The van der Waals surface area contributed by atoms with Gasteiger partial charge >= 0.3 is 5.97 Å². The summed E-state index contributed by atoms with van der Waals surface area (Å²) in [6.45, 7) is 3.78. The number of fused-ring (bicyclic) bond motifs is 1. The van der Waals surface area contributed by atoms with E-state index in [9.17, 15) is 9.59 Å². The second-order valence-electron chi connectivity index (χ2n) is 9.97. The van der Waals surface area contributed by atoms with Gasteiger partial charge in [-0.25, -0.2) is 9.79 Å². The van der Waals surface area contributed by atoms with E-state index in [1.807, 2.05) is 6.07 Å². The maximum absolute atomic E-state index is 14.2. The molecular formula is C33H29BrCl2N2O7S. The molecule has 0 saturated carbocycles. The summed E-state index contributed by atoms with van der Waals surface area (Å²) < 4.78 is 30.7. The summed E-state index contributed by atoms with van der Waals surface area (Å²) in [4.78, 5) is 32.5. The molecule has 46 heavy (non-hydrogen) atoms. The Bertz CT molecular complexity index is 2040. The fourth-order valence-corrected chi connectivity index (χ4v) is 7.13. The summed E-state index contributed by atoms with van der Waals surface area (Å²) in [6, 6.07) is 13.1. The Morgan fingerprint density at radius 1 is 1.04 bits per heavy atom. The number of carbonyl (C=O) groups excluding carboxylic acids is 1. The van der Waals surface area contributed by atoms with E-state index in [1.165, 1.54) is 30.1 Å². The minimum atomic E-state index is -0.876. The van der Waals surface area contributed by atoms with Crippen LogP contribution in [0.15, 0.2) is 74.1 Å². The van der Waals surface area contributed by atoms with Crippen LogP contribution in [0.25, 0.3) is 6.08 Å². The smallest absolute Gasteiger partial charge is 0.338 e. The number of aromatic nitrogens is 1. The van der Waals surface area contributed by atoms with Gasteiger partial charge in [0.25, 0.3) is 5.56 Å². The van der Waals surface area contributed by atoms with Gasteiger partial charge in [0.1, 0.15) is 24.1 Å². The van der Waals surface area contributed by atoms with Crippen molar-refractivity contribution in [3.05, 3.63) is 111 Å². The Morgan fingerprint density at radius 2 is 1.80 bits per heavy atom. The molecule has 1 aliphatic rings. The predicted octanol–water partition coefficient (Wildman–Crippen LogP) is 6.47. The lowest BCUT2D eigenvalue weighted by Gasteiger charge is -2.26. The van der Waals surface area contributed by atoms with Crippen LogP contribution in [0.5, 0.6) is 23.0 Å². The molecule has 0 bridgehead atoms. The van der Waals surface area contributed by atoms with Gasteiger partial charge in [-0.05, 0) is 83.9 Å². The largest absolute Gasteiger partial charge is 0.497 e. The van der Waals surface area contributed by atoms with Gasteiger partial charge in [-0.3, -0.25) is 9.36 Å². The average Bonchev–Trinajstić information content (AvgIpc) is 3.33. The number of halogens is 3. The fourth-order valence-electron chi connectivity index (χ4n) is 5.04. The van der Waals surface area contributed by atoms with Crippen LogP contribution in [0.1, 0.15) is 36.6 Å². The van der Waals surface area contributed by atoms with Crippen molar-refractivity contribution in [3.8, 4) is 23.0 Å². The summed E-state index contributed by atoms with van der Waals surface area (Å²) >= 11 is 17.1. The molecule has 5 rings (SSSR count). The van der Waals surface area contributed by atoms with E-state index in [4.69, 9.17) is 46.9 Å². The number of rotatable bonds is 10. The molecule has 0 radical (unpaired) electrons. The molecule has 9 nitrogen and oxygen atoms in total. The molecule has 0 spiro atoms. The minimum absolute atomic E-state index is 0.158. The van der Waals surface area contributed by atoms with Crippen molar-refractivity contribution in [2.45, 2.75) is 26.5 Å². The SMILES string of the molecule is CCOC(=O)C1=C(C)N=c2s/c(=C\c3cc(Br)c(OCc4ccc(Cl)cc4Cl)c(OC)c3)c(=O)n2[C@H]1c1cc(OC)ccc1OC. The Morgan fingerprint density at radius 3 is 2.48 bits per heavy atom. The Labute approximate surface area is 287 Å². The predicted molar refractivity (Wildman–Crippen MR) is 181 cm³/mol. The first-order valence-corrected chi connectivity index (χ1v) is 16.3. The number of hydrogen-bond donors (Lipinski definition) is 0. The van der Waals surface area contributed by atoms with Crippen LogP contribution in [0.2, 0.25) is 10.0 Å². The lowest BCUT2D eigenvalue weighted by Crippen LogP contribution is -2.40. The lowest BCUT2D eigenvalue weighted by molar-refractivity contribution is -0.139. The molecule has 0 aliphatic carbocycles. The van der Waals surface area contributed by atoms with E-state index < -0.39 is 12.0 Å². The molecule has 0 saturated heterocycles. The molecule has 0 amide bonds. The van der Waals surface area contributed by atoms with Crippen molar-refractivity contribution in [2.24, 2.45) is 4.99 Å². The Kier molecular flexibility index (Phi) is 10.5. The van der Waals surface area contributed by atoms with Crippen molar-refractivity contribution in [1.29, 1.82) is 0 Å². The molecule has 1 atom stereocenters. The molecule has 2 heterocycles. The van der Waals surface area contributed by atoms with Crippen LogP contribution >= 0.6 is 50.5 Å². The van der Waals surface area contributed by atoms with Crippen LogP contribution in [0.4, 0.5) is 0 Å². The van der Waals surface area contributed by atoms with Crippen molar-refractivity contribution in [2.75, 3.05) is 27.9 Å². The van der Waals surface area contributed by atoms with Crippen LogP contribution in [0.3, 0.4) is 0 Å². The Hall–Kier alpha value is -3.77. The van der Waals surface area contributed by atoms with E-state index >= 15 is 0 Å². The first-order valence-electron chi connectivity index (χ1n) is 14.0. The maximum Gasteiger partial charge on any atom is 0.338 e. The first-order chi connectivity index (χ1) is 22.1. The zero-order chi connectivity index (χ0) is 33.1. The molecule has 0 unspecified atom stereocenters. The monoisotopic (exact) mass is 746 g/mol. The topological polar surface area (TPSA) is 97.6 Å². The van der Waals surface area contributed by atoms with Gasteiger partial charge < -0.3 is 23.7 Å². The van der Waals surface area contributed by atoms with Crippen molar-refractivity contribution >= 4 is 62.5 Å². The van der Waals surface area contributed by atoms with Gasteiger partial charge in [-0.2, -0.15) is 0 Å². The third-order valence-electron chi connectivity index (χ3n) is 7.19. The zero-order valence-electron chi connectivity index (χ0n) is 25.5. The Balaban J connectivity index is 1.61. The fraction of sp³-hybridized carbons (Fsp3) is 0.242. The number of benzene rings is 3. The van der Waals surface area contributed by atoms with E-state index in [2.05, 4.69) is 20.9 Å². The van der Waals surface area contributed by atoms with E-state index in [0.717, 1.165) is 5.56 Å². The summed E-state index contributed by atoms with van der Waals surface area (Å²) in [5, 5.41) is 1.02. The van der Waals surface area contributed by atoms with Crippen molar-refractivity contribution in [3.63, 3.8) is 0 Å². The standard InChI is InChI=1S/C33H29BrCl2N2O7S/c1-6-44-32(40)28-17(2)37-33-38(29(28)22-15-21(41-3)9-10-25(22)42-4)31(39)27(46-33)13-18-11-23(34)30(26(12-18)43-5)45-16-19-7-8-20(35)14-24(19)36/h7-15,29H,6,16H2,1-5H3/b27-13-/t29-/m0/s1. The van der Waals surface area contributed by atoms with Gasteiger partial charge in [0.05, 0.1) is 48.2 Å². The molecular weight excluding hydrogens is 719 g/mol. The van der Waals surface area contributed by atoms with Gasteiger partial charge in [-0.1, -0.05) is 40.6 Å². The molecule has 3 aromatic carbocycles. The van der Waals surface area contributed by atoms with Crippen LogP contribution in [0, 0.1) is 0 Å². The summed E-state index contributed by atoms with van der Waals surface area (Å²) in [7, 11) is 4.60. The highest BCUT2D eigenvalue weighted by molar-refractivity contribution is 9.10. The number of carbonyl (C=O) groups is 1. The van der Waals surface area contributed by atoms with E-state index in [1.54, 1.807) is 69.5 Å². The number of esters is 1. The highest BCUT2D eigenvalue weighted by Gasteiger charge is 2.35. The molecule has 0 fully saturated rings. The van der Waals surface area contributed by atoms with E-state index in [-0.39, 0.29) is 24.3 Å². The van der Waals surface area contributed by atoms with Gasteiger partial charge in [0.2, 0.25) is 0 Å². The van der Waals surface area contributed by atoms with Gasteiger partial charge in [0.15, 0.2) is 16.3 Å². The molecule has 1 aliphatic heterocycles. The average molecular weight is 748 g/mol. The van der Waals surface area contributed by atoms with Crippen LogP contribution in [-0.2, 0) is 16.1 Å². The summed E-state index contributed by atoms with van der Waals surface area (Å²) in [5.74, 6) is 1.34. The highest BCUT2D eigenvalue weighted by atomic mass is 79.9. The number of hydrogen-bond acceptors (Lipinski definition) is 9. The second-order valence-corrected chi connectivity index (χ2v) is 12.7. The molecule has 240 valence electrons. The third-order valence-corrected chi connectivity index (χ3v) is 9.34. The third kappa shape index (κ3) is 6.69. The van der Waals surface area contributed by atoms with Gasteiger partial charge in [-0.15, -0.1) is 0 Å². The number of nitrogens with zero attached hydrogens (tertiary/aromatic N) is 2. The van der Waals surface area contributed by atoms with E-state index in [0.29, 0.717) is 63.7 Å². The second kappa shape index (κ2) is 14.3. The quantitative estimate of drug-likeness (QED) is 0.172. The van der Waals surface area contributed by atoms with Crippen molar-refractivity contribution in [1.82, 2.24) is 4.57 Å². The zero-order valence-corrected chi connectivity index (χ0v) is 29.4. The number of methoxy groups -OCH3 is 3. The number of thiazole rings is 1. The van der Waals surface area contributed by atoms with Crippen LogP contribution < -0.4 is 33.8 Å². The normalized spacial score (nSPS) is 14.4.